The molecule has 0 spiro atoms. The van der Waals surface area contributed by atoms with Crippen molar-refractivity contribution in [3.05, 3.63) is 52.2 Å². The van der Waals surface area contributed by atoms with Crippen LogP contribution in [0, 0.1) is 11.8 Å². The molecule has 2 heterocycles. The van der Waals surface area contributed by atoms with Gasteiger partial charge in [0, 0.05) is 17.0 Å². The number of aliphatic carboxylic acids is 1. The lowest BCUT2D eigenvalue weighted by Gasteiger charge is -2.24. The molecule has 2 aliphatic rings. The number of fused-ring (bicyclic) bond motifs is 1. The first-order valence-corrected chi connectivity index (χ1v) is 9.80. The molecule has 1 aromatic heterocycles. The lowest BCUT2D eigenvalue weighted by Crippen LogP contribution is -2.43. The highest BCUT2D eigenvalue weighted by Gasteiger charge is 2.49. The maximum atomic E-state index is 13.0. The van der Waals surface area contributed by atoms with Crippen LogP contribution < -0.4 is 4.74 Å². The van der Waals surface area contributed by atoms with Crippen molar-refractivity contribution in [1.29, 1.82) is 0 Å². The Balaban J connectivity index is 1.50. The molecule has 1 amide bonds. The lowest BCUT2D eigenvalue weighted by molar-refractivity contribution is -0.142. The second-order valence-corrected chi connectivity index (χ2v) is 8.02. The molecule has 1 saturated heterocycles. The van der Waals surface area contributed by atoms with Crippen molar-refractivity contribution in [2.45, 2.75) is 31.9 Å². The Kier molecular flexibility index (Phi) is 4.68. The van der Waals surface area contributed by atoms with E-state index in [0.717, 1.165) is 24.1 Å². The van der Waals surface area contributed by atoms with Crippen LogP contribution in [0.3, 0.4) is 0 Å². The number of amides is 1. The molecule has 2 fully saturated rings. The van der Waals surface area contributed by atoms with Gasteiger partial charge in [0.15, 0.2) is 0 Å². The molecular weight excluding hydrogens is 350 g/mol. The molecule has 1 aliphatic carbocycles. The fourth-order valence-electron chi connectivity index (χ4n) is 4.26. The SMILES string of the molecule is O=C(O)C1C2CCCC2CN1C(=O)c1cccc(OCc2cccs2)c1. The van der Waals surface area contributed by atoms with E-state index in [1.165, 1.54) is 0 Å². The normalized spacial score (nSPS) is 24.5. The number of hydrogen-bond acceptors (Lipinski definition) is 4. The summed E-state index contributed by atoms with van der Waals surface area (Å²) in [6.45, 7) is 1.00. The summed E-state index contributed by atoms with van der Waals surface area (Å²) in [6, 6.07) is 10.3. The second kappa shape index (κ2) is 7.11. The Hall–Kier alpha value is -2.34. The molecule has 2 aromatic rings. The number of hydrogen-bond donors (Lipinski definition) is 1. The predicted molar refractivity (Wildman–Crippen MR) is 98.4 cm³/mol. The van der Waals surface area contributed by atoms with Crippen LogP contribution in [-0.2, 0) is 11.4 Å². The number of thiophene rings is 1. The summed E-state index contributed by atoms with van der Waals surface area (Å²) in [5, 5.41) is 11.6. The highest BCUT2D eigenvalue weighted by atomic mass is 32.1. The summed E-state index contributed by atoms with van der Waals surface area (Å²) in [5.41, 5.74) is 0.486. The molecule has 3 unspecified atom stereocenters. The van der Waals surface area contributed by atoms with Crippen LogP contribution in [0.4, 0.5) is 0 Å². The Morgan fingerprint density at radius 2 is 2.12 bits per heavy atom. The van der Waals surface area contributed by atoms with Gasteiger partial charge in [0.2, 0.25) is 0 Å². The average molecular weight is 371 g/mol. The molecule has 6 heteroatoms. The van der Waals surface area contributed by atoms with E-state index in [2.05, 4.69) is 0 Å². The van der Waals surface area contributed by atoms with E-state index in [1.54, 1.807) is 34.4 Å². The highest BCUT2D eigenvalue weighted by molar-refractivity contribution is 7.09. The molecule has 0 bridgehead atoms. The Labute approximate surface area is 156 Å². The number of benzene rings is 1. The maximum absolute atomic E-state index is 13.0. The predicted octanol–water partition coefficient (Wildman–Crippen LogP) is 3.65. The summed E-state index contributed by atoms with van der Waals surface area (Å²) in [5.74, 6) is -0.0743. The van der Waals surface area contributed by atoms with Crippen molar-refractivity contribution in [1.82, 2.24) is 4.90 Å². The van der Waals surface area contributed by atoms with Crippen LogP contribution in [-0.4, -0.2) is 34.5 Å². The van der Waals surface area contributed by atoms with Gasteiger partial charge in [-0.1, -0.05) is 18.6 Å². The Morgan fingerprint density at radius 1 is 1.23 bits per heavy atom. The van der Waals surface area contributed by atoms with Crippen molar-refractivity contribution in [2.75, 3.05) is 6.54 Å². The standard InChI is InChI=1S/C20H21NO4S/c22-19(21-11-14-5-2-8-17(14)18(21)20(23)24)13-4-1-6-15(10-13)25-12-16-7-3-9-26-16/h1,3-4,6-7,9-10,14,17-18H,2,5,8,11-12H2,(H,23,24). The minimum absolute atomic E-state index is 0.0923. The van der Waals surface area contributed by atoms with Crippen LogP contribution in [0.5, 0.6) is 5.75 Å². The van der Waals surface area contributed by atoms with Gasteiger partial charge < -0.3 is 14.7 Å². The van der Waals surface area contributed by atoms with Gasteiger partial charge in [-0.2, -0.15) is 0 Å². The van der Waals surface area contributed by atoms with Gasteiger partial charge in [-0.05, 0) is 54.3 Å². The molecule has 1 saturated carbocycles. The minimum atomic E-state index is -0.891. The molecule has 26 heavy (non-hydrogen) atoms. The number of nitrogens with zero attached hydrogens (tertiary/aromatic N) is 1. The number of ether oxygens (including phenoxy) is 1. The van der Waals surface area contributed by atoms with Gasteiger partial charge in [-0.15, -0.1) is 11.3 Å². The lowest BCUT2D eigenvalue weighted by atomic mass is 9.94. The largest absolute Gasteiger partial charge is 0.488 e. The first-order chi connectivity index (χ1) is 12.6. The van der Waals surface area contributed by atoms with Crippen molar-refractivity contribution in [2.24, 2.45) is 11.8 Å². The Morgan fingerprint density at radius 3 is 2.88 bits per heavy atom. The van der Waals surface area contributed by atoms with E-state index >= 15 is 0 Å². The van der Waals surface area contributed by atoms with Gasteiger partial charge in [-0.25, -0.2) is 4.79 Å². The summed E-state index contributed by atoms with van der Waals surface area (Å²) < 4.78 is 5.78. The monoisotopic (exact) mass is 371 g/mol. The van der Waals surface area contributed by atoms with Gasteiger partial charge in [0.25, 0.3) is 5.91 Å². The van der Waals surface area contributed by atoms with Crippen LogP contribution in [0.1, 0.15) is 34.5 Å². The zero-order valence-corrected chi connectivity index (χ0v) is 15.2. The van der Waals surface area contributed by atoms with Crippen LogP contribution in [0.25, 0.3) is 0 Å². The number of carbonyl (C=O) groups is 2. The highest BCUT2D eigenvalue weighted by Crippen LogP contribution is 2.42. The third-order valence-electron chi connectivity index (χ3n) is 5.45. The molecule has 5 nitrogen and oxygen atoms in total. The number of rotatable bonds is 5. The number of carboxylic acids is 1. The second-order valence-electron chi connectivity index (χ2n) is 6.99. The van der Waals surface area contributed by atoms with E-state index in [9.17, 15) is 14.7 Å². The third-order valence-corrected chi connectivity index (χ3v) is 6.30. The van der Waals surface area contributed by atoms with E-state index in [4.69, 9.17) is 4.74 Å². The van der Waals surface area contributed by atoms with E-state index in [1.807, 2.05) is 23.6 Å². The first-order valence-electron chi connectivity index (χ1n) is 8.92. The number of likely N-dealkylation sites (tertiary alicyclic amines) is 1. The van der Waals surface area contributed by atoms with E-state index in [-0.39, 0.29) is 11.8 Å². The number of carbonyl (C=O) groups excluding carboxylic acids is 1. The van der Waals surface area contributed by atoms with E-state index in [0.29, 0.717) is 30.4 Å². The molecular formula is C20H21NO4S. The van der Waals surface area contributed by atoms with Crippen molar-refractivity contribution in [3.8, 4) is 5.75 Å². The topological polar surface area (TPSA) is 66.8 Å². The van der Waals surface area contributed by atoms with Crippen molar-refractivity contribution in [3.63, 3.8) is 0 Å². The molecule has 1 aliphatic heterocycles. The zero-order valence-electron chi connectivity index (χ0n) is 14.3. The third kappa shape index (κ3) is 3.21. The summed E-state index contributed by atoms with van der Waals surface area (Å²) >= 11 is 1.62. The summed E-state index contributed by atoms with van der Waals surface area (Å²) in [7, 11) is 0. The van der Waals surface area contributed by atoms with Crippen molar-refractivity contribution >= 4 is 23.2 Å². The zero-order chi connectivity index (χ0) is 18.1. The molecule has 3 atom stereocenters. The summed E-state index contributed by atoms with van der Waals surface area (Å²) in [6.07, 6.45) is 2.98. The number of carboxylic acid groups (broad SMARTS) is 1. The van der Waals surface area contributed by atoms with Crippen LogP contribution in [0.2, 0.25) is 0 Å². The summed E-state index contributed by atoms with van der Waals surface area (Å²) in [4.78, 5) is 27.4. The van der Waals surface area contributed by atoms with Crippen molar-refractivity contribution < 1.29 is 19.4 Å². The van der Waals surface area contributed by atoms with Gasteiger partial charge in [0.1, 0.15) is 18.4 Å². The fourth-order valence-corrected chi connectivity index (χ4v) is 4.88. The van der Waals surface area contributed by atoms with Crippen LogP contribution >= 0.6 is 11.3 Å². The maximum Gasteiger partial charge on any atom is 0.326 e. The molecule has 1 N–H and O–H groups in total. The quantitative estimate of drug-likeness (QED) is 0.871. The van der Waals surface area contributed by atoms with Gasteiger partial charge in [0.05, 0.1) is 0 Å². The average Bonchev–Trinajstić information content (AvgIpc) is 3.35. The smallest absolute Gasteiger partial charge is 0.326 e. The van der Waals surface area contributed by atoms with Crippen LogP contribution in [0.15, 0.2) is 41.8 Å². The van der Waals surface area contributed by atoms with E-state index < -0.39 is 12.0 Å². The molecule has 1 aromatic carbocycles. The molecule has 0 radical (unpaired) electrons. The molecule has 136 valence electrons. The van der Waals surface area contributed by atoms with Gasteiger partial charge >= 0.3 is 5.97 Å². The minimum Gasteiger partial charge on any atom is -0.488 e. The van der Waals surface area contributed by atoms with Gasteiger partial charge in [-0.3, -0.25) is 4.79 Å². The first kappa shape index (κ1) is 17.1. The Bertz CT molecular complexity index is 804. The molecule has 4 rings (SSSR count). The fraction of sp³-hybridized carbons (Fsp3) is 0.400.